The smallest absolute Gasteiger partial charge is 0.0618 e. The Hall–Kier alpha value is -2.46. The van der Waals surface area contributed by atoms with Crippen LogP contribution in [-0.4, -0.2) is 48.3 Å². The number of piperazine rings is 1. The van der Waals surface area contributed by atoms with E-state index in [2.05, 4.69) is 108 Å². The predicted octanol–water partition coefficient (Wildman–Crippen LogP) is 3.68. The van der Waals surface area contributed by atoms with Crippen molar-refractivity contribution in [3.63, 3.8) is 0 Å². The largest absolute Gasteiger partial charge is 0.395 e. The second kappa shape index (κ2) is 8.91. The molecule has 4 rings (SSSR count). The zero-order valence-electron chi connectivity index (χ0n) is 17.0. The van der Waals surface area contributed by atoms with E-state index in [0.717, 1.165) is 19.6 Å². The first kappa shape index (κ1) is 19.8. The molecule has 3 aromatic carbocycles. The molecule has 0 bridgehead atoms. The van der Waals surface area contributed by atoms with E-state index in [1.807, 2.05) is 0 Å². The van der Waals surface area contributed by atoms with E-state index in [1.165, 1.54) is 16.7 Å². The van der Waals surface area contributed by atoms with E-state index in [1.54, 1.807) is 0 Å². The fourth-order valence-electron chi connectivity index (χ4n) is 4.93. The van der Waals surface area contributed by atoms with Crippen molar-refractivity contribution in [2.24, 2.45) is 0 Å². The maximum absolute atomic E-state index is 10.0. The number of hydrogen-bond acceptors (Lipinski definition) is 3. The van der Waals surface area contributed by atoms with E-state index in [-0.39, 0.29) is 24.1 Å². The predicted molar refractivity (Wildman–Crippen MR) is 119 cm³/mol. The van der Waals surface area contributed by atoms with Crippen LogP contribution in [0.1, 0.15) is 23.6 Å². The highest BCUT2D eigenvalue weighted by Crippen LogP contribution is 2.44. The summed E-state index contributed by atoms with van der Waals surface area (Å²) in [6.45, 7) is 5.01. The van der Waals surface area contributed by atoms with Crippen LogP contribution < -0.4 is 5.32 Å². The van der Waals surface area contributed by atoms with Crippen LogP contribution in [0.25, 0.3) is 0 Å². The van der Waals surface area contributed by atoms with Crippen LogP contribution in [0, 0.1) is 0 Å². The van der Waals surface area contributed by atoms with Crippen molar-refractivity contribution in [3.05, 3.63) is 108 Å². The second-order valence-corrected chi connectivity index (χ2v) is 7.90. The van der Waals surface area contributed by atoms with Gasteiger partial charge in [-0.05, 0) is 23.6 Å². The third-order valence-electron chi connectivity index (χ3n) is 6.30. The average Bonchev–Trinajstić information content (AvgIpc) is 2.82. The van der Waals surface area contributed by atoms with Gasteiger partial charge in [-0.25, -0.2) is 0 Å². The van der Waals surface area contributed by atoms with Crippen molar-refractivity contribution >= 4 is 0 Å². The summed E-state index contributed by atoms with van der Waals surface area (Å²) in [5.74, 6) is 0. The van der Waals surface area contributed by atoms with Gasteiger partial charge in [0.25, 0.3) is 0 Å². The summed E-state index contributed by atoms with van der Waals surface area (Å²) < 4.78 is 0. The van der Waals surface area contributed by atoms with Gasteiger partial charge in [-0.15, -0.1) is 0 Å². The Balaban J connectivity index is 2.02. The van der Waals surface area contributed by atoms with Crippen molar-refractivity contribution in [3.8, 4) is 0 Å². The molecule has 2 atom stereocenters. The van der Waals surface area contributed by atoms with Crippen molar-refractivity contribution < 1.29 is 5.11 Å². The molecule has 1 aliphatic heterocycles. The molecule has 0 aliphatic carbocycles. The molecular weight excluding hydrogens is 356 g/mol. The highest BCUT2D eigenvalue weighted by molar-refractivity contribution is 5.53. The van der Waals surface area contributed by atoms with Crippen LogP contribution in [0.2, 0.25) is 0 Å². The lowest BCUT2D eigenvalue weighted by atomic mass is 9.63. The Bertz CT molecular complexity index is 786. The summed E-state index contributed by atoms with van der Waals surface area (Å²) >= 11 is 0. The number of rotatable bonds is 6. The average molecular weight is 387 g/mol. The summed E-state index contributed by atoms with van der Waals surface area (Å²) in [7, 11) is 0. The molecule has 2 N–H and O–H groups in total. The molecule has 3 nitrogen and oxygen atoms in total. The number of aliphatic hydroxyl groups is 1. The summed E-state index contributed by atoms with van der Waals surface area (Å²) in [4.78, 5) is 2.49. The lowest BCUT2D eigenvalue weighted by molar-refractivity contribution is 0.0516. The van der Waals surface area contributed by atoms with Gasteiger partial charge < -0.3 is 10.4 Å². The van der Waals surface area contributed by atoms with Gasteiger partial charge in [0.15, 0.2) is 0 Å². The highest BCUT2D eigenvalue weighted by Gasteiger charge is 2.47. The molecule has 1 heterocycles. The summed E-state index contributed by atoms with van der Waals surface area (Å²) in [6, 6.07) is 32.8. The van der Waals surface area contributed by atoms with Gasteiger partial charge in [-0.2, -0.15) is 0 Å². The van der Waals surface area contributed by atoms with Crippen LogP contribution in [0.4, 0.5) is 0 Å². The lowest BCUT2D eigenvalue weighted by Gasteiger charge is -2.51. The summed E-state index contributed by atoms with van der Waals surface area (Å²) in [5, 5.41) is 13.7. The van der Waals surface area contributed by atoms with Gasteiger partial charge in [-0.1, -0.05) is 91.0 Å². The molecular formula is C26H30N2O. The minimum absolute atomic E-state index is 0.0950. The molecule has 0 saturated carbocycles. The van der Waals surface area contributed by atoms with E-state index < -0.39 is 0 Å². The second-order valence-electron chi connectivity index (χ2n) is 7.90. The standard InChI is InChI=1S/C26H30N2O/c1-21(20-29)28-18-17-27-19-25(28)26(22-11-5-2-6-12-22,23-13-7-3-8-14-23)24-15-9-4-10-16-24/h2-16,21,25,27,29H,17-20H2,1H3. The molecule has 1 saturated heterocycles. The number of benzene rings is 3. The van der Waals surface area contributed by atoms with Crippen LogP contribution in [0.15, 0.2) is 91.0 Å². The van der Waals surface area contributed by atoms with Crippen LogP contribution in [0.5, 0.6) is 0 Å². The number of aliphatic hydroxyl groups excluding tert-OH is 1. The van der Waals surface area contributed by atoms with E-state index in [0.29, 0.717) is 0 Å². The van der Waals surface area contributed by atoms with E-state index in [9.17, 15) is 5.11 Å². The Labute approximate surface area is 174 Å². The highest BCUT2D eigenvalue weighted by atomic mass is 16.3. The Kier molecular flexibility index (Phi) is 6.10. The molecule has 150 valence electrons. The minimum atomic E-state index is -0.347. The van der Waals surface area contributed by atoms with Gasteiger partial charge >= 0.3 is 0 Å². The third-order valence-corrected chi connectivity index (χ3v) is 6.30. The minimum Gasteiger partial charge on any atom is -0.395 e. The maximum Gasteiger partial charge on any atom is 0.0618 e. The molecule has 2 unspecified atom stereocenters. The molecule has 3 heteroatoms. The number of hydrogen-bond donors (Lipinski definition) is 2. The fourth-order valence-corrected chi connectivity index (χ4v) is 4.93. The Morgan fingerprint density at radius 3 is 1.72 bits per heavy atom. The molecule has 1 aliphatic rings. The maximum atomic E-state index is 10.0. The van der Waals surface area contributed by atoms with Gasteiger partial charge in [0.1, 0.15) is 0 Å². The molecule has 0 aromatic heterocycles. The SMILES string of the molecule is CC(CO)N1CCNCC1C(c1ccccc1)(c1ccccc1)c1ccccc1. The van der Waals surface area contributed by atoms with Gasteiger partial charge in [0, 0.05) is 31.7 Å². The van der Waals surface area contributed by atoms with Crippen molar-refractivity contribution in [1.82, 2.24) is 10.2 Å². The third kappa shape index (κ3) is 3.62. The van der Waals surface area contributed by atoms with Gasteiger partial charge in [0.2, 0.25) is 0 Å². The first-order valence-electron chi connectivity index (χ1n) is 10.5. The molecule has 1 fully saturated rings. The van der Waals surface area contributed by atoms with Gasteiger partial charge in [0.05, 0.1) is 12.0 Å². The first-order valence-corrected chi connectivity index (χ1v) is 10.5. The van der Waals surface area contributed by atoms with Crippen LogP contribution >= 0.6 is 0 Å². The van der Waals surface area contributed by atoms with Crippen LogP contribution in [0.3, 0.4) is 0 Å². The van der Waals surface area contributed by atoms with Crippen LogP contribution in [-0.2, 0) is 5.41 Å². The quantitative estimate of drug-likeness (QED) is 0.635. The zero-order valence-corrected chi connectivity index (χ0v) is 17.0. The monoisotopic (exact) mass is 386 g/mol. The van der Waals surface area contributed by atoms with Crippen molar-refractivity contribution in [2.75, 3.05) is 26.2 Å². The molecule has 29 heavy (non-hydrogen) atoms. The molecule has 3 aromatic rings. The molecule has 0 spiro atoms. The van der Waals surface area contributed by atoms with E-state index in [4.69, 9.17) is 0 Å². The summed E-state index contributed by atoms with van der Waals surface area (Å²) in [5.41, 5.74) is 3.49. The Morgan fingerprint density at radius 1 is 0.862 bits per heavy atom. The fraction of sp³-hybridized carbons (Fsp3) is 0.308. The number of nitrogens with zero attached hydrogens (tertiary/aromatic N) is 1. The molecule has 0 radical (unpaired) electrons. The summed E-state index contributed by atoms with van der Waals surface area (Å²) in [6.07, 6.45) is 0. The Morgan fingerprint density at radius 2 is 1.31 bits per heavy atom. The normalized spacial score (nSPS) is 19.0. The topological polar surface area (TPSA) is 35.5 Å². The first-order chi connectivity index (χ1) is 14.3. The van der Waals surface area contributed by atoms with Gasteiger partial charge in [-0.3, -0.25) is 4.90 Å². The van der Waals surface area contributed by atoms with Crippen molar-refractivity contribution in [2.45, 2.75) is 24.4 Å². The van der Waals surface area contributed by atoms with Crippen molar-refractivity contribution in [1.29, 1.82) is 0 Å². The lowest BCUT2D eigenvalue weighted by Crippen LogP contribution is -2.63. The zero-order chi connectivity index (χ0) is 20.1. The van der Waals surface area contributed by atoms with E-state index >= 15 is 0 Å². The number of nitrogens with one attached hydrogen (secondary N) is 1. The molecule has 0 amide bonds.